The van der Waals surface area contributed by atoms with Crippen molar-refractivity contribution in [2.75, 3.05) is 19.8 Å². The van der Waals surface area contributed by atoms with Crippen molar-refractivity contribution in [2.45, 2.75) is 109 Å². The number of aromatic nitrogens is 2. The van der Waals surface area contributed by atoms with Crippen molar-refractivity contribution < 1.29 is 52.4 Å². The summed E-state index contributed by atoms with van der Waals surface area (Å²) >= 11 is 1.43. The van der Waals surface area contributed by atoms with Crippen molar-refractivity contribution in [3.63, 3.8) is 0 Å². The van der Waals surface area contributed by atoms with Crippen molar-refractivity contribution >= 4 is 54.6 Å². The largest absolute Gasteiger partial charge is 0.472 e. The zero-order valence-electron chi connectivity index (χ0n) is 34.9. The first-order chi connectivity index (χ1) is 28.9. The van der Waals surface area contributed by atoms with Gasteiger partial charge < -0.3 is 46.5 Å². The molecule has 19 nitrogen and oxygen atoms in total. The molecule has 3 aromatic rings. The van der Waals surface area contributed by atoms with Crippen LogP contribution in [0.5, 0.6) is 0 Å². The fourth-order valence-corrected chi connectivity index (χ4v) is 8.58. The highest BCUT2D eigenvalue weighted by atomic mass is 32.1. The topological polar surface area (TPSA) is 274 Å². The number of hydrogen-bond acceptors (Lipinski definition) is 12. The number of nitrogens with two attached hydrogens (primary N) is 1. The molecular weight excluding hydrogens is 832 g/mol. The van der Waals surface area contributed by atoms with Gasteiger partial charge in [-0.1, -0.05) is 50.2 Å². The predicted molar refractivity (Wildman–Crippen MR) is 224 cm³/mol. The Balaban J connectivity index is 1.54. The van der Waals surface area contributed by atoms with Crippen LogP contribution >= 0.6 is 19.2 Å². The number of aliphatic hydroxyl groups excluding tert-OH is 1. The average Bonchev–Trinajstić information content (AvgIpc) is 4.01. The molecule has 0 spiro atoms. The Hall–Kier alpha value is -4.98. The van der Waals surface area contributed by atoms with Crippen LogP contribution in [0, 0.1) is 5.92 Å². The van der Waals surface area contributed by atoms with Crippen molar-refractivity contribution in [1.82, 2.24) is 35.7 Å². The maximum absolute atomic E-state index is 14.2. The van der Waals surface area contributed by atoms with Gasteiger partial charge in [0.1, 0.15) is 30.2 Å². The van der Waals surface area contributed by atoms with E-state index in [-0.39, 0.29) is 37.3 Å². The molecule has 0 aliphatic carbocycles. The molecule has 8 N–H and O–H groups in total. The summed E-state index contributed by atoms with van der Waals surface area (Å²) in [7, 11) is -4.75. The Morgan fingerprint density at radius 2 is 1.62 bits per heavy atom. The number of phosphoric acid groups is 1. The minimum atomic E-state index is -4.75. The molecule has 2 aromatic heterocycles. The molecule has 4 rings (SSSR count). The van der Waals surface area contributed by atoms with Gasteiger partial charge in [0.2, 0.25) is 35.4 Å². The normalized spacial score (nSPS) is 17.9. The van der Waals surface area contributed by atoms with E-state index >= 15 is 0 Å². The molecule has 1 aromatic carbocycles. The number of hydrogen-bond donors (Lipinski definition) is 7. The standard InChI is InChI=1S/C40H57N8O11PS/c1-24(2)19-31(44-40(55)34-14-9-16-47(34)27(5)50)37(52)43-32(20-29-21-42-23-48(29)25(3)28-11-7-6-8-12-28)38(53)45-33(22-49)39(54)46-35(36(41)51)26(4)59-60(56,57)58-17-15-30-13-10-18-61-30/h6-8,10-13,18,21,23-26,31-35,49H,9,14-17,19-20,22H2,1-5H3,(H2,41,51)(H,43,52)(H,44,55)(H,45,53)(H,46,54)(H,56,57)/t25?,26-,31+,32+,33+,34+,35+/m1/s1. The maximum atomic E-state index is 14.2. The predicted octanol–water partition coefficient (Wildman–Crippen LogP) is 1.34. The first-order valence-corrected chi connectivity index (χ1v) is 22.4. The molecule has 0 bridgehead atoms. The Morgan fingerprint density at radius 1 is 0.951 bits per heavy atom. The van der Waals surface area contributed by atoms with E-state index in [1.165, 1.54) is 36.3 Å². The van der Waals surface area contributed by atoms with Gasteiger partial charge in [0.05, 0.1) is 31.7 Å². The lowest BCUT2D eigenvalue weighted by Crippen LogP contribution is -2.61. The molecule has 334 valence electrons. The molecule has 21 heteroatoms. The number of likely N-dealkylation sites (tertiary alicyclic amines) is 1. The summed E-state index contributed by atoms with van der Waals surface area (Å²) < 4.78 is 24.7. The van der Waals surface area contributed by atoms with E-state index in [9.17, 15) is 43.3 Å². The lowest BCUT2D eigenvalue weighted by atomic mass is 10.0. The van der Waals surface area contributed by atoms with Gasteiger partial charge in [-0.15, -0.1) is 11.3 Å². The summed E-state index contributed by atoms with van der Waals surface area (Å²) in [5.74, 6) is -4.77. The number of nitrogens with one attached hydrogen (secondary N) is 4. The number of benzene rings is 1. The third-order valence-electron chi connectivity index (χ3n) is 10.2. The van der Waals surface area contributed by atoms with Gasteiger partial charge in [0.25, 0.3) is 0 Å². The highest BCUT2D eigenvalue weighted by Gasteiger charge is 2.38. The summed E-state index contributed by atoms with van der Waals surface area (Å²) in [6.45, 7) is 7.45. The van der Waals surface area contributed by atoms with Crippen LogP contribution in [0.1, 0.15) is 76.1 Å². The van der Waals surface area contributed by atoms with E-state index in [2.05, 4.69) is 26.3 Å². The molecule has 8 atom stereocenters. The highest BCUT2D eigenvalue weighted by molar-refractivity contribution is 7.47. The van der Waals surface area contributed by atoms with Crippen LogP contribution in [0.3, 0.4) is 0 Å². The number of phosphoric ester groups is 1. The van der Waals surface area contributed by atoms with Gasteiger partial charge in [0.15, 0.2) is 0 Å². The van der Waals surface area contributed by atoms with Crippen LogP contribution in [0.2, 0.25) is 0 Å². The highest BCUT2D eigenvalue weighted by Crippen LogP contribution is 2.45. The molecule has 1 fully saturated rings. The van der Waals surface area contributed by atoms with E-state index in [4.69, 9.17) is 14.8 Å². The van der Waals surface area contributed by atoms with E-state index in [0.717, 1.165) is 10.4 Å². The molecule has 61 heavy (non-hydrogen) atoms. The fourth-order valence-electron chi connectivity index (χ4n) is 6.97. The van der Waals surface area contributed by atoms with Crippen molar-refractivity contribution in [3.8, 4) is 0 Å². The summed E-state index contributed by atoms with van der Waals surface area (Å²) in [5, 5.41) is 22.3. The third kappa shape index (κ3) is 14.3. The molecule has 3 heterocycles. The first-order valence-electron chi connectivity index (χ1n) is 20.0. The van der Waals surface area contributed by atoms with Gasteiger partial charge in [-0.2, -0.15) is 0 Å². The summed E-state index contributed by atoms with van der Waals surface area (Å²) in [5.41, 5.74) is 6.98. The van der Waals surface area contributed by atoms with Gasteiger partial charge >= 0.3 is 7.82 Å². The Kier molecular flexibility index (Phi) is 18.2. The second-order valence-electron chi connectivity index (χ2n) is 15.3. The number of rotatable bonds is 23. The van der Waals surface area contributed by atoms with E-state index < -0.39 is 80.3 Å². The van der Waals surface area contributed by atoms with Gasteiger partial charge in [-0.25, -0.2) is 9.55 Å². The summed E-state index contributed by atoms with van der Waals surface area (Å²) in [4.78, 5) is 96.9. The SMILES string of the molecule is CC(=O)N1CCC[C@H]1C(=O)N[C@@H](CC(C)C)C(=O)N[C@@H](Cc1cncn1C(C)c1ccccc1)C(=O)N[C@@H](CO)C(=O)N[C@H](C(N)=O)[C@@H](C)OP(=O)(O)OCCc1cccs1. The number of imidazole rings is 1. The molecule has 2 unspecified atom stereocenters. The van der Waals surface area contributed by atoms with Crippen LogP contribution in [0.25, 0.3) is 0 Å². The third-order valence-corrected chi connectivity index (χ3v) is 12.2. The zero-order chi connectivity index (χ0) is 44.9. The van der Waals surface area contributed by atoms with Crippen molar-refractivity contribution in [2.24, 2.45) is 11.7 Å². The molecule has 1 aliphatic heterocycles. The van der Waals surface area contributed by atoms with Crippen LogP contribution < -0.4 is 27.0 Å². The number of carbonyl (C=O) groups is 6. The molecule has 6 amide bonds. The second kappa shape index (κ2) is 22.7. The maximum Gasteiger partial charge on any atom is 0.472 e. The van der Waals surface area contributed by atoms with E-state index in [0.29, 0.717) is 31.5 Å². The van der Waals surface area contributed by atoms with Gasteiger partial charge in [0, 0.05) is 43.1 Å². The first kappa shape index (κ1) is 48.7. The quantitative estimate of drug-likeness (QED) is 0.0665. The Labute approximate surface area is 358 Å². The number of carbonyl (C=O) groups excluding carboxylic acids is 6. The van der Waals surface area contributed by atoms with Crippen LogP contribution in [0.15, 0.2) is 60.4 Å². The lowest BCUT2D eigenvalue weighted by molar-refractivity contribution is -0.139. The number of nitrogens with zero attached hydrogens (tertiary/aromatic N) is 3. The van der Waals surface area contributed by atoms with Crippen LogP contribution in [0.4, 0.5) is 0 Å². The van der Waals surface area contributed by atoms with Gasteiger partial charge in [-0.05, 0) is 56.0 Å². The molecule has 0 radical (unpaired) electrons. The van der Waals surface area contributed by atoms with Gasteiger partial charge in [-0.3, -0.25) is 37.8 Å². The van der Waals surface area contributed by atoms with Crippen LogP contribution in [-0.4, -0.2) is 116 Å². The summed E-state index contributed by atoms with van der Waals surface area (Å²) in [6.07, 6.45) is 2.97. The minimum absolute atomic E-state index is 0.0893. The smallest absolute Gasteiger partial charge is 0.394 e. The van der Waals surface area contributed by atoms with Crippen molar-refractivity contribution in [1.29, 1.82) is 0 Å². The number of aliphatic hydroxyl groups is 1. The Morgan fingerprint density at radius 3 is 2.25 bits per heavy atom. The number of primary amides is 1. The number of thiophene rings is 1. The minimum Gasteiger partial charge on any atom is -0.394 e. The molecule has 1 saturated heterocycles. The van der Waals surface area contributed by atoms with Crippen LogP contribution in [-0.2, 0) is 55.2 Å². The lowest BCUT2D eigenvalue weighted by Gasteiger charge is -2.29. The average molecular weight is 889 g/mol. The van der Waals surface area contributed by atoms with Crippen molar-refractivity contribution in [3.05, 3.63) is 76.5 Å². The monoisotopic (exact) mass is 888 g/mol. The van der Waals surface area contributed by atoms with E-state index in [1.807, 2.05) is 73.2 Å². The zero-order valence-corrected chi connectivity index (χ0v) is 36.6. The number of amides is 6. The summed E-state index contributed by atoms with van der Waals surface area (Å²) in [6, 6.07) is 6.11. The molecule has 1 aliphatic rings. The molecular formula is C40H57N8O11PS. The van der Waals surface area contributed by atoms with E-state index in [1.54, 1.807) is 6.33 Å². The fraction of sp³-hybridized carbons (Fsp3) is 0.525. The Bertz CT molecular complexity index is 2000. The second-order valence-corrected chi connectivity index (χ2v) is 17.7. The molecule has 0 saturated carbocycles.